The average Bonchev–Trinajstić information content (AvgIpc) is 3.13. The molecule has 0 bridgehead atoms. The summed E-state index contributed by atoms with van der Waals surface area (Å²) in [6.07, 6.45) is 0. The van der Waals surface area contributed by atoms with E-state index in [1.165, 1.54) is 11.8 Å². The number of ether oxygens (including phenoxy) is 1. The van der Waals surface area contributed by atoms with Crippen LogP contribution in [0.1, 0.15) is 16.2 Å². The second-order valence-corrected chi connectivity index (χ2v) is 6.05. The van der Waals surface area contributed by atoms with E-state index in [1.54, 1.807) is 19.2 Å². The lowest BCUT2D eigenvalue weighted by Crippen LogP contribution is -2.01. The van der Waals surface area contributed by atoms with Crippen molar-refractivity contribution in [3.8, 4) is 5.75 Å². The van der Waals surface area contributed by atoms with Gasteiger partial charge in [-0.3, -0.25) is 4.79 Å². The van der Waals surface area contributed by atoms with Gasteiger partial charge in [-0.05, 0) is 24.3 Å². The number of aromatic nitrogens is 2. The molecule has 0 saturated heterocycles. The van der Waals surface area contributed by atoms with Crippen LogP contribution in [0.25, 0.3) is 0 Å². The zero-order chi connectivity index (χ0) is 17.5. The molecular formula is C18H17N3O3S. The lowest BCUT2D eigenvalue weighted by atomic mass is 10.2. The summed E-state index contributed by atoms with van der Waals surface area (Å²) in [4.78, 5) is 12.1. The molecule has 128 valence electrons. The number of Topliss-reactive ketones (excluding diaryl/α,β-unsaturated/α-hetero) is 1. The Kier molecular flexibility index (Phi) is 5.69. The van der Waals surface area contributed by atoms with Gasteiger partial charge in [0.2, 0.25) is 5.89 Å². The van der Waals surface area contributed by atoms with Gasteiger partial charge in [0.15, 0.2) is 5.78 Å². The fourth-order valence-corrected chi connectivity index (χ4v) is 2.76. The molecule has 0 spiro atoms. The van der Waals surface area contributed by atoms with E-state index >= 15 is 0 Å². The molecule has 0 aliphatic heterocycles. The van der Waals surface area contributed by atoms with E-state index in [2.05, 4.69) is 15.5 Å². The summed E-state index contributed by atoms with van der Waals surface area (Å²) in [6.45, 7) is 0.409. The van der Waals surface area contributed by atoms with Crippen LogP contribution < -0.4 is 10.1 Å². The Morgan fingerprint density at radius 3 is 2.60 bits per heavy atom. The second kappa shape index (κ2) is 8.34. The van der Waals surface area contributed by atoms with Crippen molar-refractivity contribution in [3.63, 3.8) is 0 Å². The van der Waals surface area contributed by atoms with E-state index in [9.17, 15) is 4.79 Å². The molecule has 7 heteroatoms. The molecule has 3 aromatic rings. The largest absolute Gasteiger partial charge is 0.497 e. The van der Waals surface area contributed by atoms with Crippen LogP contribution in [0, 0.1) is 0 Å². The molecule has 0 saturated carbocycles. The SMILES string of the molecule is COc1ccc(NCc2nnc(SCC(=O)c3ccccc3)o2)cc1. The molecule has 25 heavy (non-hydrogen) atoms. The van der Waals surface area contributed by atoms with Crippen molar-refractivity contribution in [2.75, 3.05) is 18.2 Å². The van der Waals surface area contributed by atoms with Crippen LogP contribution >= 0.6 is 11.8 Å². The Hall–Kier alpha value is -2.80. The van der Waals surface area contributed by atoms with Crippen LogP contribution in [-0.4, -0.2) is 28.8 Å². The average molecular weight is 355 g/mol. The predicted octanol–water partition coefficient (Wildman–Crippen LogP) is 3.67. The summed E-state index contributed by atoms with van der Waals surface area (Å²) in [5, 5.41) is 11.5. The second-order valence-electron chi connectivity index (χ2n) is 5.12. The molecule has 0 atom stereocenters. The van der Waals surface area contributed by atoms with Gasteiger partial charge in [0.05, 0.1) is 19.4 Å². The van der Waals surface area contributed by atoms with Gasteiger partial charge in [-0.25, -0.2) is 0 Å². The number of anilines is 1. The van der Waals surface area contributed by atoms with Crippen LogP contribution in [0.3, 0.4) is 0 Å². The molecule has 0 aliphatic rings. The van der Waals surface area contributed by atoms with Crippen molar-refractivity contribution in [1.29, 1.82) is 0 Å². The maximum absolute atomic E-state index is 12.1. The third-order valence-corrected chi connectivity index (χ3v) is 4.22. The number of hydrogen-bond donors (Lipinski definition) is 1. The normalized spacial score (nSPS) is 10.4. The van der Waals surface area contributed by atoms with Gasteiger partial charge in [0.1, 0.15) is 5.75 Å². The topological polar surface area (TPSA) is 77.2 Å². The van der Waals surface area contributed by atoms with Gasteiger partial charge in [-0.2, -0.15) is 0 Å². The quantitative estimate of drug-likeness (QED) is 0.488. The van der Waals surface area contributed by atoms with E-state index in [-0.39, 0.29) is 11.5 Å². The van der Waals surface area contributed by atoms with Gasteiger partial charge in [-0.1, -0.05) is 42.1 Å². The number of hydrogen-bond acceptors (Lipinski definition) is 7. The monoisotopic (exact) mass is 355 g/mol. The first-order valence-corrected chi connectivity index (χ1v) is 8.64. The van der Waals surface area contributed by atoms with Crippen molar-refractivity contribution >= 4 is 23.2 Å². The fraction of sp³-hybridized carbons (Fsp3) is 0.167. The highest BCUT2D eigenvalue weighted by molar-refractivity contribution is 7.99. The molecule has 0 radical (unpaired) electrons. The third kappa shape index (κ3) is 4.84. The highest BCUT2D eigenvalue weighted by atomic mass is 32.2. The van der Waals surface area contributed by atoms with Crippen molar-refractivity contribution in [2.24, 2.45) is 0 Å². The Bertz CT molecular complexity index is 819. The van der Waals surface area contributed by atoms with Crippen LogP contribution in [0.15, 0.2) is 64.2 Å². The highest BCUT2D eigenvalue weighted by Gasteiger charge is 2.11. The van der Waals surface area contributed by atoms with E-state index in [1.807, 2.05) is 42.5 Å². The number of rotatable bonds is 8. The highest BCUT2D eigenvalue weighted by Crippen LogP contribution is 2.19. The number of methoxy groups -OCH3 is 1. The molecule has 0 unspecified atom stereocenters. The van der Waals surface area contributed by atoms with Crippen molar-refractivity contribution < 1.29 is 13.9 Å². The zero-order valence-electron chi connectivity index (χ0n) is 13.6. The first-order valence-electron chi connectivity index (χ1n) is 7.66. The molecule has 1 N–H and O–H groups in total. The van der Waals surface area contributed by atoms with Crippen LogP contribution in [0.2, 0.25) is 0 Å². The van der Waals surface area contributed by atoms with Crippen LogP contribution in [-0.2, 0) is 6.54 Å². The van der Waals surface area contributed by atoms with E-state index in [0.717, 1.165) is 11.4 Å². The summed E-state index contributed by atoms with van der Waals surface area (Å²) in [6, 6.07) is 16.7. The molecule has 6 nitrogen and oxygen atoms in total. The van der Waals surface area contributed by atoms with Crippen LogP contribution in [0.4, 0.5) is 5.69 Å². The Morgan fingerprint density at radius 1 is 1.12 bits per heavy atom. The predicted molar refractivity (Wildman–Crippen MR) is 96.1 cm³/mol. The zero-order valence-corrected chi connectivity index (χ0v) is 14.5. The minimum absolute atomic E-state index is 0.0294. The summed E-state index contributed by atoms with van der Waals surface area (Å²) >= 11 is 1.24. The first kappa shape index (κ1) is 17.0. The smallest absolute Gasteiger partial charge is 0.277 e. The number of nitrogens with one attached hydrogen (secondary N) is 1. The number of carbonyl (C=O) groups excluding carboxylic acids is 1. The molecule has 1 aromatic heterocycles. The van der Waals surface area contributed by atoms with E-state index in [0.29, 0.717) is 23.2 Å². The number of thioether (sulfide) groups is 1. The van der Waals surface area contributed by atoms with Gasteiger partial charge in [0, 0.05) is 11.3 Å². The standard InChI is InChI=1S/C18H17N3O3S/c1-23-15-9-7-14(8-10-15)19-11-17-20-21-18(24-17)25-12-16(22)13-5-3-2-4-6-13/h2-10,19H,11-12H2,1H3. The summed E-state index contributed by atoms with van der Waals surface area (Å²) in [7, 11) is 1.63. The van der Waals surface area contributed by atoms with Gasteiger partial charge >= 0.3 is 0 Å². The maximum Gasteiger partial charge on any atom is 0.277 e. The molecule has 1 heterocycles. The number of benzene rings is 2. The van der Waals surface area contributed by atoms with Gasteiger partial charge in [-0.15, -0.1) is 10.2 Å². The number of nitrogens with zero attached hydrogens (tertiary/aromatic N) is 2. The number of ketones is 1. The molecule has 0 amide bonds. The molecule has 0 fully saturated rings. The maximum atomic E-state index is 12.1. The number of carbonyl (C=O) groups is 1. The fourth-order valence-electron chi connectivity index (χ4n) is 2.09. The Balaban J connectivity index is 1.49. The Labute approximate surface area is 149 Å². The minimum Gasteiger partial charge on any atom is -0.497 e. The lowest BCUT2D eigenvalue weighted by Gasteiger charge is -2.04. The molecule has 2 aromatic carbocycles. The first-order chi connectivity index (χ1) is 12.2. The van der Waals surface area contributed by atoms with Crippen LogP contribution in [0.5, 0.6) is 5.75 Å². The third-order valence-electron chi connectivity index (χ3n) is 3.40. The summed E-state index contributed by atoms with van der Waals surface area (Å²) in [5.74, 6) is 1.55. The lowest BCUT2D eigenvalue weighted by molar-refractivity contribution is 0.102. The summed E-state index contributed by atoms with van der Waals surface area (Å²) < 4.78 is 10.7. The molecular weight excluding hydrogens is 338 g/mol. The van der Waals surface area contributed by atoms with Crippen molar-refractivity contribution in [2.45, 2.75) is 11.8 Å². The molecule has 0 aliphatic carbocycles. The van der Waals surface area contributed by atoms with E-state index in [4.69, 9.17) is 9.15 Å². The Morgan fingerprint density at radius 2 is 1.88 bits per heavy atom. The van der Waals surface area contributed by atoms with Gasteiger partial charge < -0.3 is 14.5 Å². The van der Waals surface area contributed by atoms with E-state index < -0.39 is 0 Å². The minimum atomic E-state index is 0.0294. The van der Waals surface area contributed by atoms with Crippen molar-refractivity contribution in [3.05, 3.63) is 66.1 Å². The van der Waals surface area contributed by atoms with Gasteiger partial charge in [0.25, 0.3) is 5.22 Å². The summed E-state index contributed by atoms with van der Waals surface area (Å²) in [5.41, 5.74) is 1.60. The molecule has 3 rings (SSSR count). The van der Waals surface area contributed by atoms with Crippen molar-refractivity contribution in [1.82, 2.24) is 10.2 Å².